The van der Waals surface area contributed by atoms with Crippen molar-refractivity contribution in [2.45, 2.75) is 0 Å². The van der Waals surface area contributed by atoms with E-state index in [9.17, 15) is 4.21 Å². The molecule has 11 heteroatoms. The lowest BCUT2D eigenvalue weighted by Gasteiger charge is -2.16. The lowest BCUT2D eigenvalue weighted by Crippen LogP contribution is -2.18. The summed E-state index contributed by atoms with van der Waals surface area (Å²) in [6.07, 6.45) is 1.59. The predicted octanol–water partition coefficient (Wildman–Crippen LogP) is 0.998. The van der Waals surface area contributed by atoms with Crippen molar-refractivity contribution in [2.75, 3.05) is 23.6 Å². The molecule has 130 valence electrons. The van der Waals surface area contributed by atoms with Gasteiger partial charge in [0.2, 0.25) is 11.9 Å². The van der Waals surface area contributed by atoms with E-state index < -0.39 is 11.4 Å². The Kier molecular flexibility index (Phi) is 4.61. The molecule has 0 aliphatic rings. The Morgan fingerprint density at radius 1 is 1.28 bits per heavy atom. The van der Waals surface area contributed by atoms with Crippen LogP contribution >= 0.6 is 0 Å². The molecule has 2 heterocycles. The van der Waals surface area contributed by atoms with E-state index in [1.165, 1.54) is 16.8 Å². The lowest BCUT2D eigenvalue weighted by atomic mass is 10.1. The maximum absolute atomic E-state index is 10.7. The molecule has 1 atom stereocenters. The molecule has 3 rings (SSSR count). The van der Waals surface area contributed by atoms with Crippen LogP contribution in [0.2, 0.25) is 0 Å². The van der Waals surface area contributed by atoms with Gasteiger partial charge >= 0.3 is 11.4 Å². The van der Waals surface area contributed by atoms with Gasteiger partial charge in [0.15, 0.2) is 0 Å². The molecule has 0 aliphatic heterocycles. The highest BCUT2D eigenvalue weighted by molar-refractivity contribution is 7.74. The Balaban J connectivity index is 1.87. The molecule has 0 aliphatic carbocycles. The van der Waals surface area contributed by atoms with E-state index in [-0.39, 0.29) is 11.9 Å². The van der Waals surface area contributed by atoms with Crippen molar-refractivity contribution in [1.29, 1.82) is 0 Å². The zero-order valence-corrected chi connectivity index (χ0v) is 13.9. The van der Waals surface area contributed by atoms with Crippen LogP contribution in [0.3, 0.4) is 0 Å². The smallest absolute Gasteiger partial charge is 0.325 e. The van der Waals surface area contributed by atoms with E-state index >= 15 is 0 Å². The Bertz CT molecular complexity index is 913. The minimum atomic E-state index is -2.40. The van der Waals surface area contributed by atoms with Gasteiger partial charge in [-0.05, 0) is 24.3 Å². The number of aromatic nitrogens is 4. The van der Waals surface area contributed by atoms with Gasteiger partial charge in [-0.2, -0.15) is 13.9 Å². The fraction of sp³-hybridized carbons (Fsp3) is 0.0714. The number of rotatable bonds is 5. The largest absolute Gasteiger partial charge is 0.368 e. The second-order valence-corrected chi connectivity index (χ2v) is 5.56. The first-order valence-corrected chi connectivity index (χ1v) is 8.05. The van der Waals surface area contributed by atoms with Crippen LogP contribution in [0.5, 0.6) is 0 Å². The number of benzene rings is 1. The van der Waals surface area contributed by atoms with Crippen molar-refractivity contribution < 1.29 is 13.0 Å². The van der Waals surface area contributed by atoms with Gasteiger partial charge < -0.3 is 11.5 Å². The third kappa shape index (κ3) is 3.74. The van der Waals surface area contributed by atoms with Crippen LogP contribution in [0, 0.1) is 0 Å². The lowest BCUT2D eigenvalue weighted by molar-refractivity contribution is 0.295. The van der Waals surface area contributed by atoms with Crippen molar-refractivity contribution in [2.24, 2.45) is 0 Å². The van der Waals surface area contributed by atoms with Crippen LogP contribution in [0.4, 0.5) is 17.6 Å². The summed E-state index contributed by atoms with van der Waals surface area (Å²) in [5, 5.41) is 5.19. The van der Waals surface area contributed by atoms with Crippen LogP contribution in [0.25, 0.3) is 16.9 Å². The first kappa shape index (κ1) is 16.8. The molecule has 0 spiro atoms. The molecule has 0 saturated carbocycles. The normalized spacial score (nSPS) is 12.1. The third-order valence-corrected chi connectivity index (χ3v) is 3.67. The monoisotopic (exact) mass is 361 g/mol. The zero-order valence-electron chi connectivity index (χ0n) is 13.1. The van der Waals surface area contributed by atoms with Gasteiger partial charge in [-0.15, -0.1) is 9.38 Å². The maximum atomic E-state index is 10.7. The quantitative estimate of drug-likeness (QED) is 0.447. The molecule has 1 aromatic carbocycles. The number of nitrogens with two attached hydrogens (primary N) is 2. The summed E-state index contributed by atoms with van der Waals surface area (Å²) in [6, 6.07) is 10.7. The number of hydrogen-bond acceptors (Lipinski definition) is 8. The summed E-state index contributed by atoms with van der Waals surface area (Å²) in [6.45, 7) is 0. The molecule has 0 bridgehead atoms. The minimum absolute atomic E-state index is 0.0820. The Morgan fingerprint density at radius 3 is 2.68 bits per heavy atom. The molecule has 10 nitrogen and oxygen atoms in total. The zero-order chi connectivity index (χ0) is 18.0. The SMILES string of the molecule is CN(OS(=O)O)c1cccc(-c2ccc(-n3nc(N)nc3N)cn2)c1. The standard InChI is InChI=1S/C14H15N7O3S/c1-20(24-25(22)23)10-4-2-3-9(7-10)12-6-5-11(8-17-12)21-14(16)18-13(15)19-21/h2-8H,1H3,(H,22,23)(H4,15,16,18,19). The Hall–Kier alpha value is -3.02. The molecule has 2 aromatic heterocycles. The van der Waals surface area contributed by atoms with E-state index in [4.69, 9.17) is 20.3 Å². The summed E-state index contributed by atoms with van der Waals surface area (Å²) in [5.74, 6) is 0.253. The molecule has 1 unspecified atom stereocenters. The molecule has 5 N–H and O–H groups in total. The van der Waals surface area contributed by atoms with Crippen LogP contribution < -0.4 is 16.5 Å². The van der Waals surface area contributed by atoms with Crippen molar-refractivity contribution >= 4 is 28.9 Å². The highest BCUT2D eigenvalue weighted by Gasteiger charge is 2.09. The van der Waals surface area contributed by atoms with Gasteiger partial charge in [-0.1, -0.05) is 12.1 Å². The summed E-state index contributed by atoms with van der Waals surface area (Å²) < 4.78 is 25.6. The van der Waals surface area contributed by atoms with E-state index in [0.717, 1.165) is 5.56 Å². The number of anilines is 3. The molecule has 0 amide bonds. The van der Waals surface area contributed by atoms with Gasteiger partial charge in [-0.25, -0.2) is 5.06 Å². The van der Waals surface area contributed by atoms with Crippen molar-refractivity contribution in [1.82, 2.24) is 19.7 Å². The van der Waals surface area contributed by atoms with Crippen LogP contribution in [-0.4, -0.2) is 35.6 Å². The van der Waals surface area contributed by atoms with Crippen molar-refractivity contribution in [3.8, 4) is 16.9 Å². The molecule has 0 saturated heterocycles. The fourth-order valence-electron chi connectivity index (χ4n) is 2.21. The van der Waals surface area contributed by atoms with Crippen LogP contribution in [-0.2, 0) is 15.6 Å². The average molecular weight is 361 g/mol. The fourth-order valence-corrected chi connectivity index (χ4v) is 2.49. The summed E-state index contributed by atoms with van der Waals surface area (Å²) in [5.41, 5.74) is 14.0. The second-order valence-electron chi connectivity index (χ2n) is 4.98. The number of nitrogens with zero attached hydrogens (tertiary/aromatic N) is 5. The molecule has 25 heavy (non-hydrogen) atoms. The van der Waals surface area contributed by atoms with Crippen LogP contribution in [0.15, 0.2) is 42.6 Å². The minimum Gasteiger partial charge on any atom is -0.368 e. The van der Waals surface area contributed by atoms with Gasteiger partial charge in [0.1, 0.15) is 0 Å². The number of hydrogen-bond donors (Lipinski definition) is 3. The van der Waals surface area contributed by atoms with Crippen molar-refractivity contribution in [3.63, 3.8) is 0 Å². The Labute approximate surface area is 145 Å². The summed E-state index contributed by atoms with van der Waals surface area (Å²) in [4.78, 5) is 8.22. The van der Waals surface area contributed by atoms with Gasteiger partial charge in [0.05, 0.1) is 23.3 Å². The van der Waals surface area contributed by atoms with E-state index in [2.05, 4.69) is 15.1 Å². The number of pyridine rings is 1. The molecule has 0 radical (unpaired) electrons. The molecule has 3 aromatic rings. The first-order chi connectivity index (χ1) is 11.9. The second kappa shape index (κ2) is 6.84. The predicted molar refractivity (Wildman–Crippen MR) is 93.7 cm³/mol. The van der Waals surface area contributed by atoms with Gasteiger partial charge in [-0.3, -0.25) is 9.54 Å². The molecular formula is C14H15N7O3S. The van der Waals surface area contributed by atoms with Gasteiger partial charge in [0, 0.05) is 12.6 Å². The highest BCUT2D eigenvalue weighted by atomic mass is 32.2. The number of nitrogen functional groups attached to an aromatic ring is 2. The average Bonchev–Trinajstić information content (AvgIpc) is 2.93. The van der Waals surface area contributed by atoms with Gasteiger partial charge in [0.25, 0.3) is 0 Å². The molecule has 0 fully saturated rings. The van der Waals surface area contributed by atoms with Crippen molar-refractivity contribution in [3.05, 3.63) is 42.6 Å². The summed E-state index contributed by atoms with van der Waals surface area (Å²) in [7, 11) is 1.53. The topological polar surface area (TPSA) is 145 Å². The first-order valence-electron chi connectivity index (χ1n) is 7.02. The Morgan fingerprint density at radius 2 is 2.08 bits per heavy atom. The van der Waals surface area contributed by atoms with E-state index in [0.29, 0.717) is 17.1 Å². The summed E-state index contributed by atoms with van der Waals surface area (Å²) >= 11 is -2.40. The highest BCUT2D eigenvalue weighted by Crippen LogP contribution is 2.24. The van der Waals surface area contributed by atoms with E-state index in [1.54, 1.807) is 36.5 Å². The molecular weight excluding hydrogens is 346 g/mol. The maximum Gasteiger partial charge on any atom is 0.325 e. The number of hydroxylamine groups is 1. The third-order valence-electron chi connectivity index (χ3n) is 3.32. The van der Waals surface area contributed by atoms with E-state index in [1.807, 2.05) is 6.07 Å². The van der Waals surface area contributed by atoms with Crippen LogP contribution in [0.1, 0.15) is 0 Å².